The Kier molecular flexibility index (Phi) is 22.9. The lowest BCUT2D eigenvalue weighted by Crippen LogP contribution is -1.99. The first-order chi connectivity index (χ1) is 13.3. The predicted molar refractivity (Wildman–Crippen MR) is 122 cm³/mol. The third-order valence-corrected chi connectivity index (χ3v) is 5.84. The Morgan fingerprint density at radius 1 is 0.630 bits per heavy atom. The monoisotopic (exact) mass is 377 g/mol. The molecule has 1 nitrogen and oxygen atoms in total. The largest absolute Gasteiger partial charge is 0.291 e. The zero-order valence-electron chi connectivity index (χ0n) is 18.8. The zero-order chi connectivity index (χ0) is 19.8. The average molecular weight is 378 g/mol. The molecule has 0 amide bonds. The van der Waals surface area contributed by atoms with Crippen LogP contribution in [0.5, 0.6) is 0 Å². The van der Waals surface area contributed by atoms with Crippen LogP contribution in [0.3, 0.4) is 0 Å². The molecule has 1 unspecified atom stereocenters. The van der Waals surface area contributed by atoms with Crippen LogP contribution in [0.4, 0.5) is 0 Å². The molecule has 0 fully saturated rings. The summed E-state index contributed by atoms with van der Waals surface area (Å²) in [6.07, 6.45) is 33.1. The minimum Gasteiger partial charge on any atom is -0.291 e. The Balaban J connectivity index is 3.24. The van der Waals surface area contributed by atoms with Gasteiger partial charge in [0.1, 0.15) is 0 Å². The van der Waals surface area contributed by atoms with Crippen molar-refractivity contribution in [2.45, 2.75) is 142 Å². The highest BCUT2D eigenvalue weighted by Gasteiger charge is 2.05. The van der Waals surface area contributed by atoms with E-state index >= 15 is 0 Å². The molecule has 0 N–H and O–H groups in total. The Morgan fingerprint density at radius 2 is 1.11 bits per heavy atom. The molecule has 159 valence electrons. The first-order valence-corrected chi connectivity index (χ1v) is 12.3. The van der Waals surface area contributed by atoms with Gasteiger partial charge in [-0.3, -0.25) is 4.79 Å². The molecule has 0 bridgehead atoms. The molecular formula is C26H49O. The van der Waals surface area contributed by atoms with Crippen molar-refractivity contribution in [3.05, 3.63) is 12.2 Å². The second kappa shape index (κ2) is 23.4. The van der Waals surface area contributed by atoms with E-state index in [0.717, 1.165) is 12.3 Å². The van der Waals surface area contributed by atoms with Crippen molar-refractivity contribution in [3.63, 3.8) is 0 Å². The van der Waals surface area contributed by atoms with Gasteiger partial charge in [-0.25, -0.2) is 0 Å². The molecule has 0 saturated carbocycles. The van der Waals surface area contributed by atoms with Crippen LogP contribution in [0, 0.1) is 5.92 Å². The fourth-order valence-corrected chi connectivity index (χ4v) is 3.86. The number of rotatable bonds is 22. The number of unbranched alkanes of at least 4 members (excludes halogenated alkanes) is 14. The van der Waals surface area contributed by atoms with Crippen LogP contribution in [0.1, 0.15) is 142 Å². The second-order valence-corrected chi connectivity index (χ2v) is 8.39. The van der Waals surface area contributed by atoms with Gasteiger partial charge in [0.25, 0.3) is 0 Å². The molecule has 0 saturated heterocycles. The van der Waals surface area contributed by atoms with Crippen LogP contribution in [0.15, 0.2) is 12.2 Å². The molecule has 0 aliphatic heterocycles. The van der Waals surface area contributed by atoms with Gasteiger partial charge >= 0.3 is 0 Å². The van der Waals surface area contributed by atoms with Crippen molar-refractivity contribution in [1.29, 1.82) is 0 Å². The van der Waals surface area contributed by atoms with Crippen molar-refractivity contribution in [3.8, 4) is 0 Å². The maximum Gasteiger partial charge on any atom is 0.198 e. The molecule has 0 aromatic carbocycles. The van der Waals surface area contributed by atoms with Crippen molar-refractivity contribution in [1.82, 2.24) is 0 Å². The molecule has 27 heavy (non-hydrogen) atoms. The van der Waals surface area contributed by atoms with Gasteiger partial charge in [-0.2, -0.15) is 0 Å². The number of allylic oxidation sites excluding steroid dienone is 2. The van der Waals surface area contributed by atoms with Gasteiger partial charge in [0, 0.05) is 6.42 Å². The van der Waals surface area contributed by atoms with E-state index in [1.54, 1.807) is 0 Å². The van der Waals surface area contributed by atoms with Crippen LogP contribution in [-0.4, -0.2) is 6.29 Å². The molecule has 1 radical (unpaired) electrons. The summed E-state index contributed by atoms with van der Waals surface area (Å²) < 4.78 is 0. The normalized spacial score (nSPS) is 12.7. The molecule has 0 rings (SSSR count). The smallest absolute Gasteiger partial charge is 0.198 e. The molecule has 0 aromatic rings. The highest BCUT2D eigenvalue weighted by atomic mass is 16.1. The summed E-state index contributed by atoms with van der Waals surface area (Å²) in [4.78, 5) is 10.1. The lowest BCUT2D eigenvalue weighted by atomic mass is 9.92. The maximum absolute atomic E-state index is 10.1. The third-order valence-electron chi connectivity index (χ3n) is 5.84. The minimum atomic E-state index is 0.623. The van der Waals surface area contributed by atoms with E-state index in [4.69, 9.17) is 0 Å². The fourth-order valence-electron chi connectivity index (χ4n) is 3.86. The molecule has 0 aliphatic carbocycles. The average Bonchev–Trinajstić information content (AvgIpc) is 2.69. The maximum atomic E-state index is 10.1. The lowest BCUT2D eigenvalue weighted by molar-refractivity contribution is 0.396. The summed E-state index contributed by atoms with van der Waals surface area (Å²) in [6, 6.07) is 0. The first-order valence-electron chi connectivity index (χ1n) is 12.3. The molecular weight excluding hydrogens is 328 g/mol. The topological polar surface area (TPSA) is 17.1 Å². The van der Waals surface area contributed by atoms with E-state index in [1.807, 2.05) is 6.29 Å². The third kappa shape index (κ3) is 21.6. The summed E-state index contributed by atoms with van der Waals surface area (Å²) in [5.41, 5.74) is 0. The summed E-state index contributed by atoms with van der Waals surface area (Å²) in [7, 11) is 0. The number of carbonyl (C=O) groups excluding carboxylic acids is 1. The van der Waals surface area contributed by atoms with E-state index in [2.05, 4.69) is 26.0 Å². The SMILES string of the molecule is CCCCCC(CC)CCCCCCCC/C=C\CCCCCCC[C]=O. The first kappa shape index (κ1) is 26.4. The molecule has 1 heteroatoms. The molecule has 1 atom stereocenters. The van der Waals surface area contributed by atoms with E-state index in [9.17, 15) is 4.79 Å². The Bertz CT molecular complexity index is 307. The van der Waals surface area contributed by atoms with E-state index < -0.39 is 0 Å². The fraction of sp³-hybridized carbons (Fsp3) is 0.885. The van der Waals surface area contributed by atoms with E-state index in [0.29, 0.717) is 6.42 Å². The van der Waals surface area contributed by atoms with Gasteiger partial charge in [-0.15, -0.1) is 0 Å². The summed E-state index contributed by atoms with van der Waals surface area (Å²) in [5.74, 6) is 0.997. The Morgan fingerprint density at radius 3 is 1.63 bits per heavy atom. The standard InChI is InChI=1S/C26H49O/c1-3-5-20-23-26(4-2)24-21-18-16-14-12-10-8-6-7-9-11-13-15-17-19-22-25-27/h6-7,26H,3-5,8-24H2,1-2H3/b7-6-. The van der Waals surface area contributed by atoms with Crippen molar-refractivity contribution < 1.29 is 4.79 Å². The highest BCUT2D eigenvalue weighted by Crippen LogP contribution is 2.21. The summed E-state index contributed by atoms with van der Waals surface area (Å²) in [5, 5.41) is 0. The van der Waals surface area contributed by atoms with Gasteiger partial charge in [-0.05, 0) is 38.0 Å². The quantitative estimate of drug-likeness (QED) is 0.136. The van der Waals surface area contributed by atoms with E-state index in [-0.39, 0.29) is 0 Å². The Labute approximate surface area is 171 Å². The van der Waals surface area contributed by atoms with Crippen LogP contribution in [0.2, 0.25) is 0 Å². The van der Waals surface area contributed by atoms with Crippen molar-refractivity contribution >= 4 is 6.29 Å². The van der Waals surface area contributed by atoms with Crippen molar-refractivity contribution in [2.24, 2.45) is 5.92 Å². The molecule has 0 aromatic heterocycles. The second-order valence-electron chi connectivity index (χ2n) is 8.39. The van der Waals surface area contributed by atoms with Crippen molar-refractivity contribution in [2.75, 3.05) is 0 Å². The molecule has 0 aliphatic rings. The molecule has 0 spiro atoms. The van der Waals surface area contributed by atoms with Crippen LogP contribution in [-0.2, 0) is 4.79 Å². The zero-order valence-corrected chi connectivity index (χ0v) is 18.8. The summed E-state index contributed by atoms with van der Waals surface area (Å²) >= 11 is 0. The van der Waals surface area contributed by atoms with Gasteiger partial charge in [0.2, 0.25) is 0 Å². The Hall–Kier alpha value is -0.590. The van der Waals surface area contributed by atoms with Gasteiger partial charge in [0.05, 0.1) is 0 Å². The highest BCUT2D eigenvalue weighted by molar-refractivity contribution is 5.50. The van der Waals surface area contributed by atoms with Crippen LogP contribution in [0.25, 0.3) is 0 Å². The lowest BCUT2D eigenvalue weighted by Gasteiger charge is -2.14. The van der Waals surface area contributed by atoms with Crippen LogP contribution >= 0.6 is 0 Å². The van der Waals surface area contributed by atoms with Gasteiger partial charge < -0.3 is 0 Å². The van der Waals surface area contributed by atoms with E-state index in [1.165, 1.54) is 116 Å². The van der Waals surface area contributed by atoms with Crippen LogP contribution < -0.4 is 0 Å². The number of hydrogen-bond acceptors (Lipinski definition) is 1. The molecule has 0 heterocycles. The van der Waals surface area contributed by atoms with Gasteiger partial charge in [-0.1, -0.05) is 116 Å². The summed E-state index contributed by atoms with van der Waals surface area (Å²) in [6.45, 7) is 4.68. The predicted octanol–water partition coefficient (Wildman–Crippen LogP) is 9.11. The minimum absolute atomic E-state index is 0.623. The number of hydrogen-bond donors (Lipinski definition) is 0. The van der Waals surface area contributed by atoms with Gasteiger partial charge in [0.15, 0.2) is 6.29 Å².